The number of carbonyl (C=O) groups is 2. The summed E-state index contributed by atoms with van der Waals surface area (Å²) >= 11 is 5.78. The van der Waals surface area contributed by atoms with Crippen LogP contribution in [0, 0.1) is 0 Å². The number of nitrogens with one attached hydrogen (secondary N) is 1. The van der Waals surface area contributed by atoms with Crippen molar-refractivity contribution in [2.75, 3.05) is 17.7 Å². The van der Waals surface area contributed by atoms with Gasteiger partial charge in [0.1, 0.15) is 0 Å². The molecule has 0 saturated carbocycles. The molecule has 0 heterocycles. The molecule has 0 bridgehead atoms. The van der Waals surface area contributed by atoms with Crippen molar-refractivity contribution >= 4 is 34.9 Å². The van der Waals surface area contributed by atoms with Gasteiger partial charge in [0.25, 0.3) is 5.91 Å². The van der Waals surface area contributed by atoms with Gasteiger partial charge in [-0.3, -0.25) is 4.79 Å². The smallest absolute Gasteiger partial charge is 0.340 e. The molecule has 0 aromatic heterocycles. The highest BCUT2D eigenvalue weighted by molar-refractivity contribution is 6.31. The first-order valence-corrected chi connectivity index (χ1v) is 7.87. The number of para-hydroxylation sites is 1. The van der Waals surface area contributed by atoms with Crippen LogP contribution in [-0.2, 0) is 9.53 Å². The molecule has 0 radical (unpaired) electrons. The Hall–Kier alpha value is -2.53. The van der Waals surface area contributed by atoms with Crippen molar-refractivity contribution in [3.05, 3.63) is 58.6 Å². The number of hydrogen-bond acceptors (Lipinski definition) is 4. The average Bonchev–Trinajstić information content (AvgIpc) is 2.53. The predicted molar refractivity (Wildman–Crippen MR) is 95.3 cm³/mol. The number of hydrogen-bond donors (Lipinski definition) is 2. The molecule has 2 aromatic rings. The number of anilines is 2. The van der Waals surface area contributed by atoms with Gasteiger partial charge in [0, 0.05) is 16.4 Å². The molecule has 0 unspecified atom stereocenters. The maximum Gasteiger partial charge on any atom is 0.340 e. The van der Waals surface area contributed by atoms with Crippen molar-refractivity contribution in [1.82, 2.24) is 0 Å². The zero-order chi connectivity index (χ0) is 17.7. The van der Waals surface area contributed by atoms with E-state index in [4.69, 9.17) is 22.1 Å². The highest BCUT2D eigenvalue weighted by Gasteiger charge is 2.15. The lowest BCUT2D eigenvalue weighted by Crippen LogP contribution is -2.22. The molecule has 3 N–H and O–H groups in total. The van der Waals surface area contributed by atoms with Crippen molar-refractivity contribution < 1.29 is 14.3 Å². The number of rotatable bonds is 5. The highest BCUT2D eigenvalue weighted by atomic mass is 35.5. The molecular formula is C18H19ClN2O3. The second-order valence-electron chi connectivity index (χ2n) is 5.60. The number of benzene rings is 2. The van der Waals surface area contributed by atoms with Gasteiger partial charge in [0.15, 0.2) is 6.61 Å². The number of carbonyl (C=O) groups excluding carboxylic acids is 2. The molecule has 6 heteroatoms. The normalized spacial score (nSPS) is 10.5. The lowest BCUT2D eigenvalue weighted by atomic mass is 10.0. The number of nitrogen functional groups attached to an aromatic ring is 1. The molecule has 1 amide bonds. The Balaban J connectivity index is 1.97. The second kappa shape index (κ2) is 7.84. The largest absolute Gasteiger partial charge is 0.452 e. The molecule has 0 fully saturated rings. The SMILES string of the molecule is CC(C)c1ccccc1NC(=O)COC(=O)c1ccc(Cl)cc1N. The molecule has 0 aliphatic carbocycles. The molecule has 0 spiro atoms. The van der Waals surface area contributed by atoms with Gasteiger partial charge >= 0.3 is 5.97 Å². The lowest BCUT2D eigenvalue weighted by Gasteiger charge is -2.13. The number of ether oxygens (including phenoxy) is 1. The maximum atomic E-state index is 12.0. The van der Waals surface area contributed by atoms with E-state index in [2.05, 4.69) is 5.32 Å². The number of nitrogens with two attached hydrogens (primary N) is 1. The molecule has 2 rings (SSSR count). The lowest BCUT2D eigenvalue weighted by molar-refractivity contribution is -0.119. The van der Waals surface area contributed by atoms with Crippen molar-refractivity contribution in [2.24, 2.45) is 0 Å². The first kappa shape index (κ1) is 17.8. The third-order valence-electron chi connectivity index (χ3n) is 3.42. The van der Waals surface area contributed by atoms with Gasteiger partial charge in [-0.25, -0.2) is 4.79 Å². The molecular weight excluding hydrogens is 328 g/mol. The van der Waals surface area contributed by atoms with Gasteiger partial charge in [0.2, 0.25) is 0 Å². The predicted octanol–water partition coefficient (Wildman–Crippen LogP) is 3.84. The Kier molecular flexibility index (Phi) is 5.82. The summed E-state index contributed by atoms with van der Waals surface area (Å²) in [5.74, 6) is -0.821. The second-order valence-corrected chi connectivity index (χ2v) is 6.03. The standard InChI is InChI=1S/C18H19ClN2O3/c1-11(2)13-5-3-4-6-16(13)21-17(22)10-24-18(23)14-8-7-12(19)9-15(14)20/h3-9,11H,10,20H2,1-2H3,(H,21,22). The molecule has 0 atom stereocenters. The average molecular weight is 347 g/mol. The quantitative estimate of drug-likeness (QED) is 0.636. The summed E-state index contributed by atoms with van der Waals surface area (Å²) in [5.41, 5.74) is 7.82. The van der Waals surface area contributed by atoms with Crippen molar-refractivity contribution in [2.45, 2.75) is 19.8 Å². The van der Waals surface area contributed by atoms with Crippen LogP contribution in [0.2, 0.25) is 5.02 Å². The van der Waals surface area contributed by atoms with E-state index in [0.717, 1.165) is 5.56 Å². The van der Waals surface area contributed by atoms with Gasteiger partial charge in [-0.05, 0) is 35.7 Å². The summed E-state index contributed by atoms with van der Waals surface area (Å²) in [6.45, 7) is 3.68. The Morgan fingerprint density at radius 1 is 1.21 bits per heavy atom. The van der Waals surface area contributed by atoms with Crippen molar-refractivity contribution in [3.8, 4) is 0 Å². The Morgan fingerprint density at radius 2 is 1.92 bits per heavy atom. The van der Waals surface area contributed by atoms with Gasteiger partial charge in [-0.15, -0.1) is 0 Å². The molecule has 0 aliphatic heterocycles. The van der Waals surface area contributed by atoms with Crippen molar-refractivity contribution in [3.63, 3.8) is 0 Å². The summed E-state index contributed by atoms with van der Waals surface area (Å²) in [6.07, 6.45) is 0. The van der Waals surface area contributed by atoms with Crippen LogP contribution in [-0.4, -0.2) is 18.5 Å². The minimum absolute atomic E-state index is 0.176. The first-order valence-electron chi connectivity index (χ1n) is 7.49. The fourth-order valence-electron chi connectivity index (χ4n) is 2.23. The number of halogens is 1. The van der Waals surface area contributed by atoms with E-state index in [-0.39, 0.29) is 17.2 Å². The van der Waals surface area contributed by atoms with Gasteiger partial charge in [-0.1, -0.05) is 43.6 Å². The van der Waals surface area contributed by atoms with E-state index in [9.17, 15) is 9.59 Å². The van der Waals surface area contributed by atoms with E-state index in [1.165, 1.54) is 18.2 Å². The Morgan fingerprint density at radius 3 is 2.58 bits per heavy atom. The molecule has 5 nitrogen and oxygen atoms in total. The van der Waals surface area contributed by atoms with E-state index >= 15 is 0 Å². The molecule has 126 valence electrons. The van der Waals surface area contributed by atoms with Crippen LogP contribution in [0.15, 0.2) is 42.5 Å². The van der Waals surface area contributed by atoms with E-state index in [0.29, 0.717) is 10.7 Å². The fraction of sp³-hybridized carbons (Fsp3) is 0.222. The van der Waals surface area contributed by atoms with E-state index in [1.807, 2.05) is 38.1 Å². The van der Waals surface area contributed by atoms with Gasteiger partial charge in [-0.2, -0.15) is 0 Å². The van der Waals surface area contributed by atoms with Crippen LogP contribution < -0.4 is 11.1 Å². The summed E-state index contributed by atoms with van der Waals surface area (Å²) in [4.78, 5) is 24.0. The first-order chi connectivity index (χ1) is 11.4. The van der Waals surface area contributed by atoms with Crippen LogP contribution in [0.5, 0.6) is 0 Å². The van der Waals surface area contributed by atoms with Gasteiger partial charge < -0.3 is 15.8 Å². The molecule has 0 aliphatic rings. The van der Waals surface area contributed by atoms with E-state index in [1.54, 1.807) is 0 Å². The van der Waals surface area contributed by atoms with Crippen LogP contribution in [0.3, 0.4) is 0 Å². The Bertz CT molecular complexity index is 760. The maximum absolute atomic E-state index is 12.0. The molecule has 24 heavy (non-hydrogen) atoms. The monoisotopic (exact) mass is 346 g/mol. The van der Waals surface area contributed by atoms with Gasteiger partial charge in [0.05, 0.1) is 5.56 Å². The number of amides is 1. The molecule has 2 aromatic carbocycles. The van der Waals surface area contributed by atoms with Crippen LogP contribution in [0.25, 0.3) is 0 Å². The summed E-state index contributed by atoms with van der Waals surface area (Å²) < 4.78 is 5.01. The van der Waals surface area contributed by atoms with Crippen molar-refractivity contribution in [1.29, 1.82) is 0 Å². The zero-order valence-electron chi connectivity index (χ0n) is 13.5. The summed E-state index contributed by atoms with van der Waals surface area (Å²) in [6, 6.07) is 12.0. The Labute approximate surface area is 145 Å². The highest BCUT2D eigenvalue weighted by Crippen LogP contribution is 2.23. The molecule has 0 saturated heterocycles. The van der Waals surface area contributed by atoms with Crippen LogP contribution >= 0.6 is 11.6 Å². The topological polar surface area (TPSA) is 81.4 Å². The minimum atomic E-state index is -0.670. The summed E-state index contributed by atoms with van der Waals surface area (Å²) in [5, 5.41) is 3.18. The van der Waals surface area contributed by atoms with Crippen LogP contribution in [0.4, 0.5) is 11.4 Å². The zero-order valence-corrected chi connectivity index (χ0v) is 14.3. The van der Waals surface area contributed by atoms with E-state index < -0.39 is 18.5 Å². The third-order valence-corrected chi connectivity index (χ3v) is 3.66. The number of esters is 1. The minimum Gasteiger partial charge on any atom is -0.452 e. The van der Waals surface area contributed by atoms with Crippen LogP contribution in [0.1, 0.15) is 35.7 Å². The summed E-state index contributed by atoms with van der Waals surface area (Å²) in [7, 11) is 0. The fourth-order valence-corrected chi connectivity index (χ4v) is 2.41. The third kappa shape index (κ3) is 4.49.